The molecule has 0 radical (unpaired) electrons. The van der Waals surface area contributed by atoms with Crippen LogP contribution in [0.25, 0.3) is 0 Å². The van der Waals surface area contributed by atoms with E-state index >= 15 is 0 Å². The van der Waals surface area contributed by atoms with Crippen LogP contribution in [0.1, 0.15) is 35.6 Å². The third kappa shape index (κ3) is 3.32. The molecule has 1 aromatic carbocycles. The van der Waals surface area contributed by atoms with Crippen LogP contribution in [0.3, 0.4) is 0 Å². The second-order valence-electron chi connectivity index (χ2n) is 5.83. The fraction of sp³-hybridized carbons (Fsp3) is 0.389. The van der Waals surface area contributed by atoms with Crippen LogP contribution in [0, 0.1) is 0 Å². The maximum Gasteiger partial charge on any atom is 0.225 e. The number of benzene rings is 1. The maximum atomic E-state index is 12.0. The number of aryl methyl sites for hydroxylation is 1. The molecule has 1 aliphatic rings. The Morgan fingerprint density at radius 2 is 2.32 bits per heavy atom. The molecule has 2 N–H and O–H groups in total. The predicted octanol–water partition coefficient (Wildman–Crippen LogP) is 2.80. The lowest BCUT2D eigenvalue weighted by molar-refractivity contribution is -0.120. The van der Waals surface area contributed by atoms with Gasteiger partial charge in [0, 0.05) is 24.4 Å². The van der Waals surface area contributed by atoms with E-state index < -0.39 is 0 Å². The van der Waals surface area contributed by atoms with E-state index in [4.69, 9.17) is 4.74 Å². The number of aromatic amines is 1. The molecular weight excluding hydrogens is 276 g/mol. The molecule has 0 fully saturated rings. The Labute approximate surface area is 130 Å². The molecule has 116 valence electrons. The monoisotopic (exact) mass is 298 g/mol. The van der Waals surface area contributed by atoms with Crippen molar-refractivity contribution in [3.05, 3.63) is 53.3 Å². The van der Waals surface area contributed by atoms with Crippen LogP contribution in [0.4, 0.5) is 0 Å². The van der Waals surface area contributed by atoms with Gasteiger partial charge in [0.05, 0.1) is 13.5 Å². The minimum absolute atomic E-state index is 0.0723. The number of hydrogen-bond acceptors (Lipinski definition) is 2. The van der Waals surface area contributed by atoms with Gasteiger partial charge < -0.3 is 15.0 Å². The molecule has 1 atom stereocenters. The van der Waals surface area contributed by atoms with E-state index in [9.17, 15) is 4.79 Å². The molecule has 1 aromatic heterocycles. The molecule has 1 heterocycles. The van der Waals surface area contributed by atoms with E-state index in [0.717, 1.165) is 30.7 Å². The van der Waals surface area contributed by atoms with E-state index in [0.29, 0.717) is 18.9 Å². The highest BCUT2D eigenvalue weighted by Crippen LogP contribution is 2.33. The van der Waals surface area contributed by atoms with Gasteiger partial charge in [-0.15, -0.1) is 0 Å². The molecule has 2 aromatic rings. The number of amides is 1. The van der Waals surface area contributed by atoms with Gasteiger partial charge in [0.25, 0.3) is 0 Å². The standard InChI is InChI=1S/C18H22N2O2/c1-22-16-7-8-17-13(10-16)4-2-5-14(17)12-20-18(21)11-15-6-3-9-19-15/h3,6-10,14,19H,2,4-5,11-12H2,1H3,(H,20,21)/t14-/m0/s1. The summed E-state index contributed by atoms with van der Waals surface area (Å²) >= 11 is 0. The molecule has 1 aliphatic carbocycles. The first-order valence-corrected chi connectivity index (χ1v) is 7.82. The van der Waals surface area contributed by atoms with E-state index in [-0.39, 0.29) is 5.91 Å². The number of fused-ring (bicyclic) bond motifs is 1. The van der Waals surface area contributed by atoms with Crippen molar-refractivity contribution in [3.63, 3.8) is 0 Å². The molecule has 4 heteroatoms. The van der Waals surface area contributed by atoms with E-state index in [1.165, 1.54) is 11.1 Å². The minimum Gasteiger partial charge on any atom is -0.497 e. The van der Waals surface area contributed by atoms with Gasteiger partial charge in [-0.1, -0.05) is 6.07 Å². The summed E-state index contributed by atoms with van der Waals surface area (Å²) in [7, 11) is 1.70. The molecule has 4 nitrogen and oxygen atoms in total. The van der Waals surface area contributed by atoms with Crippen molar-refractivity contribution in [2.24, 2.45) is 0 Å². The number of aromatic nitrogens is 1. The number of H-pyrrole nitrogens is 1. The number of hydrogen-bond donors (Lipinski definition) is 2. The third-order valence-corrected chi connectivity index (χ3v) is 4.35. The summed E-state index contributed by atoms with van der Waals surface area (Å²) in [6, 6.07) is 10.1. The van der Waals surface area contributed by atoms with Crippen LogP contribution >= 0.6 is 0 Å². The Morgan fingerprint density at radius 1 is 1.41 bits per heavy atom. The molecule has 0 unspecified atom stereocenters. The number of carbonyl (C=O) groups excluding carboxylic acids is 1. The second kappa shape index (κ2) is 6.69. The molecule has 0 bridgehead atoms. The van der Waals surface area contributed by atoms with E-state index in [1.54, 1.807) is 7.11 Å². The first-order valence-electron chi connectivity index (χ1n) is 7.82. The average Bonchev–Trinajstić information content (AvgIpc) is 3.05. The predicted molar refractivity (Wildman–Crippen MR) is 86.2 cm³/mol. The highest BCUT2D eigenvalue weighted by Gasteiger charge is 2.21. The first kappa shape index (κ1) is 14.7. The summed E-state index contributed by atoms with van der Waals surface area (Å²) in [6.45, 7) is 0.707. The van der Waals surface area contributed by atoms with Crippen LogP contribution < -0.4 is 10.1 Å². The number of rotatable bonds is 5. The summed E-state index contributed by atoms with van der Waals surface area (Å²) in [5.41, 5.74) is 3.66. The number of ether oxygens (including phenoxy) is 1. The largest absolute Gasteiger partial charge is 0.497 e. The molecular formula is C18H22N2O2. The Morgan fingerprint density at radius 3 is 3.09 bits per heavy atom. The van der Waals surface area contributed by atoms with E-state index in [2.05, 4.69) is 22.4 Å². The van der Waals surface area contributed by atoms with Crippen molar-refractivity contribution in [2.75, 3.05) is 13.7 Å². The fourth-order valence-electron chi connectivity index (χ4n) is 3.18. The Kier molecular flexibility index (Phi) is 4.47. The summed E-state index contributed by atoms with van der Waals surface area (Å²) < 4.78 is 5.30. The van der Waals surface area contributed by atoms with Crippen molar-refractivity contribution >= 4 is 5.91 Å². The zero-order valence-corrected chi connectivity index (χ0v) is 12.9. The molecule has 0 saturated carbocycles. The lowest BCUT2D eigenvalue weighted by Gasteiger charge is -2.26. The normalized spacial score (nSPS) is 16.9. The molecule has 3 rings (SSSR count). The number of methoxy groups -OCH3 is 1. The Bertz CT molecular complexity index is 635. The quantitative estimate of drug-likeness (QED) is 0.892. The molecule has 0 saturated heterocycles. The molecule has 1 amide bonds. The maximum absolute atomic E-state index is 12.0. The van der Waals surface area contributed by atoms with Gasteiger partial charge in [0.1, 0.15) is 5.75 Å². The number of carbonyl (C=O) groups is 1. The third-order valence-electron chi connectivity index (χ3n) is 4.35. The summed E-state index contributed by atoms with van der Waals surface area (Å²) in [6.07, 6.45) is 5.64. The summed E-state index contributed by atoms with van der Waals surface area (Å²) in [5, 5.41) is 3.07. The van der Waals surface area contributed by atoms with Gasteiger partial charge in [0.2, 0.25) is 5.91 Å². The molecule has 0 aliphatic heterocycles. The smallest absolute Gasteiger partial charge is 0.225 e. The highest BCUT2D eigenvalue weighted by atomic mass is 16.5. The van der Waals surface area contributed by atoms with Crippen LogP contribution in [-0.4, -0.2) is 24.5 Å². The Hall–Kier alpha value is -2.23. The topological polar surface area (TPSA) is 54.1 Å². The zero-order chi connectivity index (χ0) is 15.4. The average molecular weight is 298 g/mol. The van der Waals surface area contributed by atoms with Gasteiger partial charge in [0.15, 0.2) is 0 Å². The van der Waals surface area contributed by atoms with Crippen LogP contribution in [-0.2, 0) is 17.6 Å². The van der Waals surface area contributed by atoms with Gasteiger partial charge in [-0.2, -0.15) is 0 Å². The van der Waals surface area contributed by atoms with Crippen molar-refractivity contribution in [1.82, 2.24) is 10.3 Å². The van der Waals surface area contributed by atoms with Crippen molar-refractivity contribution in [3.8, 4) is 5.75 Å². The molecule has 22 heavy (non-hydrogen) atoms. The zero-order valence-electron chi connectivity index (χ0n) is 12.9. The van der Waals surface area contributed by atoms with Gasteiger partial charge in [-0.25, -0.2) is 0 Å². The summed E-state index contributed by atoms with van der Waals surface area (Å²) in [5.74, 6) is 1.39. The number of nitrogens with one attached hydrogen (secondary N) is 2. The minimum atomic E-state index is 0.0723. The SMILES string of the molecule is COc1ccc2c(c1)CCC[C@H]2CNC(=O)Cc1ccc[nH]1. The highest BCUT2D eigenvalue weighted by molar-refractivity contribution is 5.78. The van der Waals surface area contributed by atoms with Crippen molar-refractivity contribution in [2.45, 2.75) is 31.6 Å². The second-order valence-corrected chi connectivity index (χ2v) is 5.83. The van der Waals surface area contributed by atoms with E-state index in [1.807, 2.05) is 24.4 Å². The lowest BCUT2D eigenvalue weighted by atomic mass is 9.82. The van der Waals surface area contributed by atoms with Crippen LogP contribution in [0.15, 0.2) is 36.5 Å². The van der Waals surface area contributed by atoms with Gasteiger partial charge in [-0.3, -0.25) is 4.79 Å². The summed E-state index contributed by atoms with van der Waals surface area (Å²) in [4.78, 5) is 15.1. The fourth-order valence-corrected chi connectivity index (χ4v) is 3.18. The van der Waals surface area contributed by atoms with Gasteiger partial charge >= 0.3 is 0 Å². The Balaban J connectivity index is 1.61. The van der Waals surface area contributed by atoms with Crippen molar-refractivity contribution in [1.29, 1.82) is 0 Å². The molecule has 0 spiro atoms. The van der Waals surface area contributed by atoms with Crippen LogP contribution in [0.5, 0.6) is 5.75 Å². The first-order chi connectivity index (χ1) is 10.8. The van der Waals surface area contributed by atoms with Crippen molar-refractivity contribution < 1.29 is 9.53 Å². The van der Waals surface area contributed by atoms with Gasteiger partial charge in [-0.05, 0) is 54.7 Å². The lowest BCUT2D eigenvalue weighted by Crippen LogP contribution is -2.31. The van der Waals surface area contributed by atoms with Crippen LogP contribution in [0.2, 0.25) is 0 Å².